The van der Waals surface area contributed by atoms with Crippen molar-refractivity contribution in [2.75, 3.05) is 18.5 Å². The first kappa shape index (κ1) is 9.46. The van der Waals surface area contributed by atoms with Gasteiger partial charge in [-0.25, -0.2) is 9.37 Å². The first-order valence-corrected chi connectivity index (χ1v) is 3.94. The van der Waals surface area contributed by atoms with E-state index in [0.717, 1.165) is 0 Å². The van der Waals surface area contributed by atoms with Gasteiger partial charge in [-0.3, -0.25) is 0 Å². The highest BCUT2D eigenvalue weighted by Gasteiger charge is 2.06. The van der Waals surface area contributed by atoms with E-state index < -0.39 is 0 Å². The molecule has 0 aliphatic heterocycles. The average Bonchev–Trinajstić information content (AvgIpc) is 2.15. The Hall–Kier alpha value is -1.63. The normalized spacial score (nSPS) is 9.31. The summed E-state index contributed by atoms with van der Waals surface area (Å²) in [5, 5.41) is 8.34. The minimum atomic E-state index is -0.358. The number of nitriles is 1. The molecule has 0 N–H and O–H groups in total. The van der Waals surface area contributed by atoms with Gasteiger partial charge in [0.25, 0.3) is 0 Å². The highest BCUT2D eigenvalue weighted by atomic mass is 19.1. The minimum absolute atomic E-state index is 0.290. The second kappa shape index (κ2) is 4.41. The number of halogens is 1. The number of pyridine rings is 1. The molecule has 0 radical (unpaired) electrons. The Balaban J connectivity index is 2.72. The Morgan fingerprint density at radius 2 is 2.46 bits per heavy atom. The molecule has 1 aromatic rings. The largest absolute Gasteiger partial charge is 0.356 e. The molecule has 13 heavy (non-hydrogen) atoms. The zero-order chi connectivity index (χ0) is 9.68. The number of anilines is 1. The van der Waals surface area contributed by atoms with Gasteiger partial charge in [-0.15, -0.1) is 0 Å². The molecule has 0 aliphatic rings. The number of rotatable bonds is 3. The van der Waals surface area contributed by atoms with Crippen LogP contribution in [0.1, 0.15) is 6.42 Å². The topological polar surface area (TPSA) is 39.9 Å². The zero-order valence-corrected chi connectivity index (χ0v) is 7.37. The molecule has 0 atom stereocenters. The van der Waals surface area contributed by atoms with Crippen LogP contribution < -0.4 is 4.90 Å². The van der Waals surface area contributed by atoms with Crippen LogP contribution in [-0.2, 0) is 0 Å². The second-order valence-corrected chi connectivity index (χ2v) is 2.64. The lowest BCUT2D eigenvalue weighted by Gasteiger charge is -2.16. The van der Waals surface area contributed by atoms with E-state index >= 15 is 0 Å². The van der Waals surface area contributed by atoms with Gasteiger partial charge >= 0.3 is 0 Å². The van der Waals surface area contributed by atoms with Crippen LogP contribution in [0.25, 0.3) is 0 Å². The minimum Gasteiger partial charge on any atom is -0.356 e. The standard InChI is InChI=1S/C9H10FN3/c1-13(7-3-5-11)9-8(10)4-2-6-12-9/h2,4,6H,3,7H2,1H3. The van der Waals surface area contributed by atoms with E-state index in [2.05, 4.69) is 4.98 Å². The van der Waals surface area contributed by atoms with E-state index in [1.165, 1.54) is 18.3 Å². The summed E-state index contributed by atoms with van der Waals surface area (Å²) in [4.78, 5) is 5.50. The van der Waals surface area contributed by atoms with Crippen molar-refractivity contribution in [3.63, 3.8) is 0 Å². The molecule has 1 rings (SSSR count). The molecule has 0 fully saturated rings. The van der Waals surface area contributed by atoms with Crippen molar-refractivity contribution < 1.29 is 4.39 Å². The molecule has 0 saturated heterocycles. The Labute approximate surface area is 76.4 Å². The molecular weight excluding hydrogens is 169 g/mol. The van der Waals surface area contributed by atoms with Gasteiger partial charge in [-0.1, -0.05) is 0 Å². The van der Waals surface area contributed by atoms with Crippen LogP contribution in [0.2, 0.25) is 0 Å². The quantitative estimate of drug-likeness (QED) is 0.707. The lowest BCUT2D eigenvalue weighted by atomic mass is 10.4. The molecule has 0 aromatic carbocycles. The van der Waals surface area contributed by atoms with Crippen LogP contribution in [0.15, 0.2) is 18.3 Å². The molecule has 4 heteroatoms. The maximum absolute atomic E-state index is 13.1. The van der Waals surface area contributed by atoms with Crippen molar-refractivity contribution in [1.82, 2.24) is 4.98 Å². The van der Waals surface area contributed by atoms with Gasteiger partial charge in [0.05, 0.1) is 12.5 Å². The van der Waals surface area contributed by atoms with Gasteiger partial charge in [0.15, 0.2) is 11.6 Å². The van der Waals surface area contributed by atoms with Crippen LogP contribution in [-0.4, -0.2) is 18.6 Å². The van der Waals surface area contributed by atoms with Crippen molar-refractivity contribution in [2.45, 2.75) is 6.42 Å². The molecule has 0 aliphatic carbocycles. The fraction of sp³-hybridized carbons (Fsp3) is 0.333. The molecule has 3 nitrogen and oxygen atoms in total. The first-order chi connectivity index (χ1) is 6.25. The second-order valence-electron chi connectivity index (χ2n) is 2.64. The third kappa shape index (κ3) is 2.41. The van der Waals surface area contributed by atoms with Gasteiger partial charge in [0, 0.05) is 19.8 Å². The monoisotopic (exact) mass is 179 g/mol. The predicted octanol–water partition coefficient (Wildman–Crippen LogP) is 1.57. The summed E-state index contributed by atoms with van der Waals surface area (Å²) in [6.07, 6.45) is 1.90. The lowest BCUT2D eigenvalue weighted by Crippen LogP contribution is -2.20. The summed E-state index contributed by atoms with van der Waals surface area (Å²) < 4.78 is 13.1. The van der Waals surface area contributed by atoms with Crippen molar-refractivity contribution >= 4 is 5.82 Å². The van der Waals surface area contributed by atoms with Gasteiger partial charge in [-0.2, -0.15) is 5.26 Å². The number of nitrogens with zero attached hydrogens (tertiary/aromatic N) is 3. The lowest BCUT2D eigenvalue weighted by molar-refractivity contribution is 0.615. The molecular formula is C9H10FN3. The molecule has 68 valence electrons. The summed E-state index contributed by atoms with van der Waals surface area (Å²) in [7, 11) is 1.71. The summed E-state index contributed by atoms with van der Waals surface area (Å²) in [6.45, 7) is 0.491. The van der Waals surface area contributed by atoms with E-state index in [4.69, 9.17) is 5.26 Å². The summed E-state index contributed by atoms with van der Waals surface area (Å²) >= 11 is 0. The van der Waals surface area contributed by atoms with Gasteiger partial charge in [0.2, 0.25) is 0 Å². The molecule has 0 spiro atoms. The predicted molar refractivity (Wildman–Crippen MR) is 47.7 cm³/mol. The van der Waals surface area contributed by atoms with Crippen molar-refractivity contribution in [2.24, 2.45) is 0 Å². The summed E-state index contributed by atoms with van der Waals surface area (Å²) in [5.74, 6) is -0.0688. The number of hydrogen-bond donors (Lipinski definition) is 0. The number of aromatic nitrogens is 1. The molecule has 1 aromatic heterocycles. The van der Waals surface area contributed by atoms with Crippen LogP contribution in [0, 0.1) is 17.1 Å². The van der Waals surface area contributed by atoms with Crippen LogP contribution in [0.4, 0.5) is 10.2 Å². The van der Waals surface area contributed by atoms with E-state index in [1.54, 1.807) is 11.9 Å². The molecule has 0 saturated carbocycles. The van der Waals surface area contributed by atoms with E-state index in [1.807, 2.05) is 6.07 Å². The maximum atomic E-state index is 13.1. The Bertz CT molecular complexity index is 319. The molecule has 0 unspecified atom stereocenters. The number of hydrogen-bond acceptors (Lipinski definition) is 3. The van der Waals surface area contributed by atoms with Gasteiger partial charge < -0.3 is 4.90 Å². The zero-order valence-electron chi connectivity index (χ0n) is 7.37. The SMILES string of the molecule is CN(CCC#N)c1ncccc1F. The van der Waals surface area contributed by atoms with E-state index in [9.17, 15) is 4.39 Å². The maximum Gasteiger partial charge on any atom is 0.165 e. The smallest absolute Gasteiger partial charge is 0.165 e. The van der Waals surface area contributed by atoms with E-state index in [0.29, 0.717) is 13.0 Å². The highest BCUT2D eigenvalue weighted by molar-refractivity contribution is 5.38. The summed E-state index contributed by atoms with van der Waals surface area (Å²) in [5.41, 5.74) is 0. The highest BCUT2D eigenvalue weighted by Crippen LogP contribution is 2.12. The van der Waals surface area contributed by atoms with Gasteiger partial charge in [0.1, 0.15) is 0 Å². The molecule has 1 heterocycles. The third-order valence-electron chi connectivity index (χ3n) is 1.66. The summed E-state index contributed by atoms with van der Waals surface area (Å²) in [6, 6.07) is 4.89. The van der Waals surface area contributed by atoms with Crippen LogP contribution >= 0.6 is 0 Å². The fourth-order valence-electron chi connectivity index (χ4n) is 0.982. The van der Waals surface area contributed by atoms with Crippen molar-refractivity contribution in [3.8, 4) is 6.07 Å². The fourth-order valence-corrected chi connectivity index (χ4v) is 0.982. The van der Waals surface area contributed by atoms with Crippen LogP contribution in [0.3, 0.4) is 0 Å². The van der Waals surface area contributed by atoms with Crippen molar-refractivity contribution in [3.05, 3.63) is 24.1 Å². The molecule has 0 bridgehead atoms. The Morgan fingerprint density at radius 1 is 1.69 bits per heavy atom. The third-order valence-corrected chi connectivity index (χ3v) is 1.66. The van der Waals surface area contributed by atoms with Crippen molar-refractivity contribution in [1.29, 1.82) is 5.26 Å². The molecule has 0 amide bonds. The van der Waals surface area contributed by atoms with Crippen LogP contribution in [0.5, 0.6) is 0 Å². The first-order valence-electron chi connectivity index (χ1n) is 3.94. The van der Waals surface area contributed by atoms with E-state index in [-0.39, 0.29) is 11.6 Å². The average molecular weight is 179 g/mol. The Kier molecular flexibility index (Phi) is 3.21. The Morgan fingerprint density at radius 3 is 3.08 bits per heavy atom. The van der Waals surface area contributed by atoms with Gasteiger partial charge in [-0.05, 0) is 12.1 Å².